The maximum Gasteiger partial charge on any atom is 0.128 e. The number of nitrogens with one attached hydrogen (secondary N) is 1. The molecule has 1 aliphatic rings. The standard InChI is InChI=1S/C12H16F2N2O/c1-7-4-8(6-17-7)12(16-15)10-5-9(13)2-3-11(10)14/h2-3,5,7-8,12,16H,4,6,15H2,1H3. The molecule has 1 fully saturated rings. The fourth-order valence-corrected chi connectivity index (χ4v) is 2.32. The first-order chi connectivity index (χ1) is 8.11. The molecule has 1 aliphatic heterocycles. The van der Waals surface area contributed by atoms with Crippen molar-refractivity contribution in [2.24, 2.45) is 11.8 Å². The lowest BCUT2D eigenvalue weighted by atomic mass is 9.91. The van der Waals surface area contributed by atoms with Crippen LogP contribution in [0.2, 0.25) is 0 Å². The number of hydrogen-bond donors (Lipinski definition) is 2. The summed E-state index contributed by atoms with van der Waals surface area (Å²) in [5, 5.41) is 0. The van der Waals surface area contributed by atoms with Crippen molar-refractivity contribution in [2.75, 3.05) is 6.61 Å². The number of rotatable bonds is 3. The first-order valence-corrected chi connectivity index (χ1v) is 5.64. The van der Waals surface area contributed by atoms with Crippen LogP contribution in [0, 0.1) is 17.6 Å². The lowest BCUT2D eigenvalue weighted by Crippen LogP contribution is -2.34. The van der Waals surface area contributed by atoms with Crippen LogP contribution >= 0.6 is 0 Å². The molecule has 0 aliphatic carbocycles. The average Bonchev–Trinajstić information content (AvgIpc) is 2.71. The van der Waals surface area contributed by atoms with Gasteiger partial charge in [0.25, 0.3) is 0 Å². The van der Waals surface area contributed by atoms with Crippen molar-refractivity contribution in [3.8, 4) is 0 Å². The highest BCUT2D eigenvalue weighted by Gasteiger charge is 2.31. The molecule has 1 saturated heterocycles. The second kappa shape index (κ2) is 5.08. The van der Waals surface area contributed by atoms with E-state index in [4.69, 9.17) is 10.6 Å². The Morgan fingerprint density at radius 3 is 2.82 bits per heavy atom. The Morgan fingerprint density at radius 1 is 1.47 bits per heavy atom. The number of hydrazine groups is 1. The van der Waals surface area contributed by atoms with Gasteiger partial charge in [-0.2, -0.15) is 0 Å². The van der Waals surface area contributed by atoms with E-state index < -0.39 is 17.7 Å². The van der Waals surface area contributed by atoms with E-state index in [1.54, 1.807) is 0 Å². The van der Waals surface area contributed by atoms with Crippen LogP contribution in [0.4, 0.5) is 8.78 Å². The molecule has 94 valence electrons. The summed E-state index contributed by atoms with van der Waals surface area (Å²) >= 11 is 0. The van der Waals surface area contributed by atoms with Gasteiger partial charge in [0.05, 0.1) is 18.8 Å². The zero-order valence-corrected chi connectivity index (χ0v) is 9.62. The lowest BCUT2D eigenvalue weighted by molar-refractivity contribution is 0.116. The predicted molar refractivity (Wildman–Crippen MR) is 59.9 cm³/mol. The minimum Gasteiger partial charge on any atom is -0.378 e. The summed E-state index contributed by atoms with van der Waals surface area (Å²) in [5.74, 6) is 4.60. The van der Waals surface area contributed by atoms with Gasteiger partial charge in [-0.15, -0.1) is 0 Å². The quantitative estimate of drug-likeness (QED) is 0.628. The third kappa shape index (κ3) is 2.62. The molecule has 3 atom stereocenters. The fourth-order valence-electron chi connectivity index (χ4n) is 2.32. The predicted octanol–water partition coefficient (Wildman–Crippen LogP) is 1.89. The van der Waals surface area contributed by atoms with Gasteiger partial charge in [-0.25, -0.2) is 8.78 Å². The summed E-state index contributed by atoms with van der Waals surface area (Å²) in [6, 6.07) is 2.98. The Balaban J connectivity index is 2.25. The highest BCUT2D eigenvalue weighted by Crippen LogP contribution is 2.32. The average molecular weight is 242 g/mol. The summed E-state index contributed by atoms with van der Waals surface area (Å²) in [6.45, 7) is 2.46. The minimum absolute atomic E-state index is 0.0614. The second-order valence-corrected chi connectivity index (χ2v) is 4.45. The van der Waals surface area contributed by atoms with E-state index in [2.05, 4.69) is 5.43 Å². The van der Waals surface area contributed by atoms with Crippen LogP contribution < -0.4 is 11.3 Å². The molecule has 3 unspecified atom stereocenters. The molecule has 1 aromatic rings. The molecule has 0 amide bonds. The van der Waals surface area contributed by atoms with E-state index in [-0.39, 0.29) is 17.6 Å². The summed E-state index contributed by atoms with van der Waals surface area (Å²) in [7, 11) is 0. The Labute approximate surface area is 98.9 Å². The number of hydrogen-bond acceptors (Lipinski definition) is 3. The maximum atomic E-state index is 13.7. The second-order valence-electron chi connectivity index (χ2n) is 4.45. The van der Waals surface area contributed by atoms with Crippen LogP contribution in [0.25, 0.3) is 0 Å². The van der Waals surface area contributed by atoms with Gasteiger partial charge in [-0.3, -0.25) is 11.3 Å². The van der Waals surface area contributed by atoms with Gasteiger partial charge in [0.15, 0.2) is 0 Å². The molecule has 0 bridgehead atoms. The third-order valence-corrected chi connectivity index (χ3v) is 3.17. The van der Waals surface area contributed by atoms with Crippen molar-refractivity contribution in [3.63, 3.8) is 0 Å². The van der Waals surface area contributed by atoms with E-state index >= 15 is 0 Å². The number of benzene rings is 1. The van der Waals surface area contributed by atoms with Gasteiger partial charge in [0.2, 0.25) is 0 Å². The first kappa shape index (κ1) is 12.4. The molecule has 2 rings (SSSR count). The van der Waals surface area contributed by atoms with Crippen molar-refractivity contribution in [2.45, 2.75) is 25.5 Å². The summed E-state index contributed by atoms with van der Waals surface area (Å²) < 4.78 is 32.2. The molecular formula is C12H16F2N2O. The SMILES string of the molecule is CC1CC(C(NN)c2cc(F)ccc2F)CO1. The monoisotopic (exact) mass is 242 g/mol. The van der Waals surface area contributed by atoms with Gasteiger partial charge in [-0.05, 0) is 31.5 Å². The minimum atomic E-state index is -0.464. The van der Waals surface area contributed by atoms with Crippen molar-refractivity contribution >= 4 is 0 Å². The highest BCUT2D eigenvalue weighted by atomic mass is 19.1. The topological polar surface area (TPSA) is 47.3 Å². The molecule has 3 nitrogen and oxygen atoms in total. The van der Waals surface area contributed by atoms with Crippen LogP contribution in [-0.4, -0.2) is 12.7 Å². The largest absolute Gasteiger partial charge is 0.378 e. The van der Waals surface area contributed by atoms with E-state index in [1.165, 1.54) is 6.07 Å². The smallest absolute Gasteiger partial charge is 0.128 e. The molecule has 5 heteroatoms. The van der Waals surface area contributed by atoms with Crippen molar-refractivity contribution in [1.29, 1.82) is 0 Å². The lowest BCUT2D eigenvalue weighted by Gasteiger charge is -2.22. The van der Waals surface area contributed by atoms with Crippen LogP contribution in [0.1, 0.15) is 24.9 Å². The first-order valence-electron chi connectivity index (χ1n) is 5.64. The third-order valence-electron chi connectivity index (χ3n) is 3.17. The van der Waals surface area contributed by atoms with Gasteiger partial charge in [0, 0.05) is 11.5 Å². The fraction of sp³-hybridized carbons (Fsp3) is 0.500. The maximum absolute atomic E-state index is 13.7. The molecule has 17 heavy (non-hydrogen) atoms. The number of nitrogens with two attached hydrogens (primary N) is 1. The molecular weight excluding hydrogens is 226 g/mol. The molecule has 0 saturated carbocycles. The van der Waals surface area contributed by atoms with Gasteiger partial charge >= 0.3 is 0 Å². The van der Waals surface area contributed by atoms with Gasteiger partial charge in [-0.1, -0.05) is 0 Å². The number of ether oxygens (including phenoxy) is 1. The van der Waals surface area contributed by atoms with E-state index in [0.717, 1.165) is 18.6 Å². The molecule has 0 aromatic heterocycles. The Kier molecular flexibility index (Phi) is 3.71. The van der Waals surface area contributed by atoms with Crippen molar-refractivity contribution < 1.29 is 13.5 Å². The number of halogens is 2. The van der Waals surface area contributed by atoms with Crippen LogP contribution in [0.5, 0.6) is 0 Å². The van der Waals surface area contributed by atoms with E-state index in [1.807, 2.05) is 6.92 Å². The molecule has 0 spiro atoms. The van der Waals surface area contributed by atoms with Gasteiger partial charge in [0.1, 0.15) is 11.6 Å². The van der Waals surface area contributed by atoms with E-state index in [9.17, 15) is 8.78 Å². The van der Waals surface area contributed by atoms with Crippen LogP contribution in [0.15, 0.2) is 18.2 Å². The van der Waals surface area contributed by atoms with Crippen LogP contribution in [0.3, 0.4) is 0 Å². The highest BCUT2D eigenvalue weighted by molar-refractivity contribution is 5.23. The Morgan fingerprint density at radius 2 is 2.24 bits per heavy atom. The molecule has 0 radical (unpaired) electrons. The molecule has 3 N–H and O–H groups in total. The summed E-state index contributed by atoms with van der Waals surface area (Å²) in [4.78, 5) is 0. The molecule has 1 aromatic carbocycles. The van der Waals surface area contributed by atoms with E-state index in [0.29, 0.717) is 6.61 Å². The summed E-state index contributed by atoms with van der Waals surface area (Å²) in [5.41, 5.74) is 2.82. The zero-order valence-electron chi connectivity index (χ0n) is 9.62. The summed E-state index contributed by atoms with van der Waals surface area (Å²) in [6.07, 6.45) is 0.914. The Hall–Kier alpha value is -1.04. The normalized spacial score (nSPS) is 26.1. The molecule has 1 heterocycles. The zero-order chi connectivity index (χ0) is 12.4. The Bertz CT molecular complexity index is 400. The van der Waals surface area contributed by atoms with Crippen LogP contribution in [-0.2, 0) is 4.74 Å². The van der Waals surface area contributed by atoms with Gasteiger partial charge < -0.3 is 4.74 Å². The van der Waals surface area contributed by atoms with Crippen molar-refractivity contribution in [1.82, 2.24) is 5.43 Å². The van der Waals surface area contributed by atoms with Crippen molar-refractivity contribution in [3.05, 3.63) is 35.4 Å².